The lowest BCUT2D eigenvalue weighted by molar-refractivity contribution is 0.102. The molecule has 0 spiro atoms. The van der Waals surface area contributed by atoms with Crippen LogP contribution >= 0.6 is 15.9 Å². The van der Waals surface area contributed by atoms with Crippen molar-refractivity contribution in [2.75, 3.05) is 10.6 Å². The van der Waals surface area contributed by atoms with Crippen LogP contribution in [0.3, 0.4) is 0 Å². The number of hydrogen-bond acceptors (Lipinski definition) is 3. The van der Waals surface area contributed by atoms with Gasteiger partial charge in [-0.2, -0.15) is 0 Å². The second kappa shape index (κ2) is 7.23. The first-order valence-electron chi connectivity index (χ1n) is 7.15. The Morgan fingerprint density at radius 1 is 1.00 bits per heavy atom. The first-order valence-corrected chi connectivity index (χ1v) is 7.94. The molecular weight excluding hydrogens is 373 g/mol. The van der Waals surface area contributed by atoms with Crippen LogP contribution in [0, 0.1) is 5.82 Å². The molecular formula is C18H13BrFN3O. The molecule has 0 unspecified atom stereocenters. The normalized spacial score (nSPS) is 10.2. The molecule has 2 aromatic carbocycles. The number of nitrogens with one attached hydrogen (secondary N) is 2. The van der Waals surface area contributed by atoms with E-state index in [4.69, 9.17) is 0 Å². The van der Waals surface area contributed by atoms with E-state index in [1.807, 2.05) is 24.3 Å². The molecule has 1 aromatic heterocycles. The number of hydrogen-bond donors (Lipinski definition) is 2. The summed E-state index contributed by atoms with van der Waals surface area (Å²) in [4.78, 5) is 16.4. The number of rotatable bonds is 4. The third-order valence-corrected chi connectivity index (χ3v) is 3.93. The van der Waals surface area contributed by atoms with Crippen molar-refractivity contribution in [2.45, 2.75) is 0 Å². The number of benzene rings is 2. The van der Waals surface area contributed by atoms with Gasteiger partial charge in [-0.05, 0) is 52.3 Å². The highest BCUT2D eigenvalue weighted by Crippen LogP contribution is 2.25. The number of aromatic nitrogens is 1. The van der Waals surface area contributed by atoms with Crippen LogP contribution in [0.5, 0.6) is 0 Å². The van der Waals surface area contributed by atoms with Gasteiger partial charge in [0.05, 0.1) is 23.1 Å². The van der Waals surface area contributed by atoms with Gasteiger partial charge in [-0.3, -0.25) is 9.78 Å². The number of para-hydroxylation sites is 1. The van der Waals surface area contributed by atoms with Gasteiger partial charge in [-0.1, -0.05) is 18.2 Å². The highest BCUT2D eigenvalue weighted by molar-refractivity contribution is 9.10. The highest BCUT2D eigenvalue weighted by Gasteiger charge is 2.09. The van der Waals surface area contributed by atoms with Crippen LogP contribution in [-0.2, 0) is 0 Å². The molecule has 3 aromatic rings. The monoisotopic (exact) mass is 385 g/mol. The molecule has 0 aliphatic heterocycles. The van der Waals surface area contributed by atoms with E-state index in [0.29, 0.717) is 16.9 Å². The topological polar surface area (TPSA) is 54.0 Å². The van der Waals surface area contributed by atoms with Crippen molar-refractivity contribution >= 4 is 38.9 Å². The fourth-order valence-corrected chi connectivity index (χ4v) is 2.50. The van der Waals surface area contributed by atoms with Gasteiger partial charge in [-0.25, -0.2) is 4.39 Å². The summed E-state index contributed by atoms with van der Waals surface area (Å²) >= 11 is 3.45. The fourth-order valence-electron chi connectivity index (χ4n) is 2.12. The molecule has 1 amide bonds. The van der Waals surface area contributed by atoms with Gasteiger partial charge in [-0.15, -0.1) is 0 Å². The minimum atomic E-state index is -0.407. The molecule has 0 bridgehead atoms. The van der Waals surface area contributed by atoms with Crippen molar-refractivity contribution < 1.29 is 9.18 Å². The van der Waals surface area contributed by atoms with Crippen molar-refractivity contribution in [3.63, 3.8) is 0 Å². The summed E-state index contributed by atoms with van der Waals surface area (Å²) in [6, 6.07) is 15.1. The van der Waals surface area contributed by atoms with Gasteiger partial charge in [0.15, 0.2) is 0 Å². The quantitative estimate of drug-likeness (QED) is 0.665. The first kappa shape index (κ1) is 16.1. The predicted molar refractivity (Wildman–Crippen MR) is 96.0 cm³/mol. The van der Waals surface area contributed by atoms with Crippen LogP contribution < -0.4 is 10.6 Å². The van der Waals surface area contributed by atoms with E-state index in [2.05, 4.69) is 31.5 Å². The van der Waals surface area contributed by atoms with Crippen molar-refractivity contribution in [1.29, 1.82) is 0 Å². The minimum Gasteiger partial charge on any atom is -0.353 e. The van der Waals surface area contributed by atoms with Crippen molar-refractivity contribution in [1.82, 2.24) is 4.98 Å². The smallest absolute Gasteiger partial charge is 0.257 e. The van der Waals surface area contributed by atoms with Crippen LogP contribution in [-0.4, -0.2) is 10.9 Å². The standard InChI is InChI=1S/C18H13BrFN3O/c19-16-6-1-2-7-17(16)22-15-8-12(10-21-11-15)18(24)23-14-5-3-4-13(20)9-14/h1-11,22H,(H,23,24). The average molecular weight is 386 g/mol. The number of carbonyl (C=O) groups excluding carboxylic acids is 1. The third kappa shape index (κ3) is 3.97. The minimum absolute atomic E-state index is 0.358. The van der Waals surface area contributed by atoms with Gasteiger partial charge in [0.25, 0.3) is 5.91 Å². The molecule has 6 heteroatoms. The van der Waals surface area contributed by atoms with E-state index in [1.54, 1.807) is 18.3 Å². The predicted octanol–water partition coefficient (Wildman–Crippen LogP) is 4.98. The molecule has 0 atom stereocenters. The van der Waals surface area contributed by atoms with E-state index >= 15 is 0 Å². The second-order valence-electron chi connectivity index (χ2n) is 5.03. The molecule has 1 heterocycles. The van der Waals surface area contributed by atoms with Crippen molar-refractivity contribution in [3.05, 3.63) is 82.8 Å². The average Bonchev–Trinajstić information content (AvgIpc) is 2.57. The van der Waals surface area contributed by atoms with Crippen molar-refractivity contribution in [2.24, 2.45) is 0 Å². The molecule has 0 radical (unpaired) electrons. The van der Waals surface area contributed by atoms with Crippen molar-refractivity contribution in [3.8, 4) is 0 Å². The van der Waals surface area contributed by atoms with E-state index in [9.17, 15) is 9.18 Å². The number of nitrogens with zero attached hydrogens (tertiary/aromatic N) is 1. The number of halogens is 2. The summed E-state index contributed by atoms with van der Waals surface area (Å²) in [6.07, 6.45) is 3.08. The van der Waals surface area contributed by atoms with Crippen LogP contribution in [0.4, 0.5) is 21.5 Å². The SMILES string of the molecule is O=C(Nc1cccc(F)c1)c1cncc(Nc2ccccc2Br)c1. The number of anilines is 3. The molecule has 0 fully saturated rings. The lowest BCUT2D eigenvalue weighted by Crippen LogP contribution is -2.12. The Kier molecular flexibility index (Phi) is 4.86. The van der Waals surface area contributed by atoms with Gasteiger partial charge in [0, 0.05) is 16.4 Å². The van der Waals surface area contributed by atoms with Gasteiger partial charge < -0.3 is 10.6 Å². The Bertz CT molecular complexity index is 885. The summed E-state index contributed by atoms with van der Waals surface area (Å²) in [5, 5.41) is 5.84. The summed E-state index contributed by atoms with van der Waals surface area (Å²) in [7, 11) is 0. The van der Waals surface area contributed by atoms with Gasteiger partial charge in [0.1, 0.15) is 5.82 Å². The summed E-state index contributed by atoms with van der Waals surface area (Å²) in [6.45, 7) is 0. The fraction of sp³-hybridized carbons (Fsp3) is 0. The lowest BCUT2D eigenvalue weighted by Gasteiger charge is -2.10. The Labute approximate surface area is 146 Å². The molecule has 0 saturated carbocycles. The number of pyridine rings is 1. The van der Waals surface area contributed by atoms with E-state index in [1.165, 1.54) is 24.4 Å². The highest BCUT2D eigenvalue weighted by atomic mass is 79.9. The number of carbonyl (C=O) groups is 1. The van der Waals surface area contributed by atoms with E-state index in [0.717, 1.165) is 10.2 Å². The van der Waals surface area contributed by atoms with E-state index in [-0.39, 0.29) is 5.91 Å². The molecule has 3 rings (SSSR count). The van der Waals surface area contributed by atoms with Gasteiger partial charge in [0.2, 0.25) is 0 Å². The Morgan fingerprint density at radius 3 is 2.62 bits per heavy atom. The van der Waals surface area contributed by atoms with Crippen LogP contribution in [0.15, 0.2) is 71.5 Å². The van der Waals surface area contributed by atoms with Crippen LogP contribution in [0.2, 0.25) is 0 Å². The maximum atomic E-state index is 13.2. The molecule has 120 valence electrons. The second-order valence-corrected chi connectivity index (χ2v) is 5.89. The maximum absolute atomic E-state index is 13.2. The first-order chi connectivity index (χ1) is 11.6. The Morgan fingerprint density at radius 2 is 1.83 bits per heavy atom. The number of amides is 1. The third-order valence-electron chi connectivity index (χ3n) is 3.24. The zero-order chi connectivity index (χ0) is 16.9. The van der Waals surface area contributed by atoms with Crippen LogP contribution in [0.25, 0.3) is 0 Å². The molecule has 24 heavy (non-hydrogen) atoms. The largest absolute Gasteiger partial charge is 0.353 e. The Hall–Kier alpha value is -2.73. The molecule has 0 saturated heterocycles. The molecule has 4 nitrogen and oxygen atoms in total. The molecule has 0 aliphatic carbocycles. The summed E-state index contributed by atoms with van der Waals surface area (Å²) in [5.74, 6) is -0.765. The Balaban J connectivity index is 1.77. The zero-order valence-electron chi connectivity index (χ0n) is 12.5. The zero-order valence-corrected chi connectivity index (χ0v) is 14.0. The molecule has 2 N–H and O–H groups in total. The van der Waals surface area contributed by atoms with Crippen LogP contribution in [0.1, 0.15) is 10.4 Å². The lowest BCUT2D eigenvalue weighted by atomic mass is 10.2. The van der Waals surface area contributed by atoms with E-state index < -0.39 is 5.82 Å². The van der Waals surface area contributed by atoms with Gasteiger partial charge >= 0.3 is 0 Å². The maximum Gasteiger partial charge on any atom is 0.257 e. The summed E-state index contributed by atoms with van der Waals surface area (Å²) in [5.41, 5.74) is 2.30. The summed E-state index contributed by atoms with van der Waals surface area (Å²) < 4.78 is 14.1. The molecule has 0 aliphatic rings.